The zero-order valence-corrected chi connectivity index (χ0v) is 11.0. The number of rotatable bonds is 5. The first-order valence-electron chi connectivity index (χ1n) is 6.87. The molecule has 0 spiro atoms. The first-order chi connectivity index (χ1) is 9.16. The predicted octanol–water partition coefficient (Wildman–Crippen LogP) is 2.06. The summed E-state index contributed by atoms with van der Waals surface area (Å²) in [5, 5.41) is 13.0. The minimum atomic E-state index is -0.787. The number of hydrogen-bond donors (Lipinski definition) is 1. The molecule has 0 radical (unpaired) electrons. The fourth-order valence-corrected chi connectivity index (χ4v) is 2.97. The summed E-state index contributed by atoms with van der Waals surface area (Å²) in [4.78, 5) is 15.3. The first-order valence-corrected chi connectivity index (χ1v) is 6.87. The lowest BCUT2D eigenvalue weighted by Gasteiger charge is -2.24. The fourth-order valence-electron chi connectivity index (χ4n) is 2.97. The Labute approximate surface area is 111 Å². The van der Waals surface area contributed by atoms with Crippen molar-refractivity contribution in [1.82, 2.24) is 10.1 Å². The van der Waals surface area contributed by atoms with E-state index in [1.165, 1.54) is 0 Å². The summed E-state index contributed by atoms with van der Waals surface area (Å²) in [6.45, 7) is 2.58. The number of aliphatic carboxylic acids is 1. The highest BCUT2D eigenvalue weighted by atomic mass is 16.5. The van der Waals surface area contributed by atoms with Crippen molar-refractivity contribution < 1.29 is 19.2 Å². The Morgan fingerprint density at radius 3 is 2.84 bits per heavy atom. The van der Waals surface area contributed by atoms with Crippen LogP contribution in [0.25, 0.3) is 0 Å². The third-order valence-electron chi connectivity index (χ3n) is 4.11. The van der Waals surface area contributed by atoms with Crippen molar-refractivity contribution in [1.29, 1.82) is 0 Å². The summed E-state index contributed by atoms with van der Waals surface area (Å²) in [6, 6.07) is 0. The summed E-state index contributed by atoms with van der Waals surface area (Å²) in [6.07, 6.45) is 4.62. The number of nitrogens with zero attached hydrogens (tertiary/aromatic N) is 2. The molecule has 0 saturated heterocycles. The van der Waals surface area contributed by atoms with Crippen molar-refractivity contribution >= 4 is 5.97 Å². The Morgan fingerprint density at radius 1 is 1.53 bits per heavy atom. The van der Waals surface area contributed by atoms with E-state index < -0.39 is 11.6 Å². The molecule has 1 aromatic rings. The van der Waals surface area contributed by atoms with E-state index in [0.717, 1.165) is 25.7 Å². The largest absolute Gasteiger partial charge is 0.481 e. The summed E-state index contributed by atoms with van der Waals surface area (Å²) in [7, 11) is 0. The lowest BCUT2D eigenvalue weighted by atomic mass is 10.0. The van der Waals surface area contributed by atoms with Crippen molar-refractivity contribution in [3.05, 3.63) is 11.7 Å². The summed E-state index contributed by atoms with van der Waals surface area (Å²) >= 11 is 0. The van der Waals surface area contributed by atoms with E-state index in [1.54, 1.807) is 0 Å². The van der Waals surface area contributed by atoms with Crippen molar-refractivity contribution in [3.8, 4) is 0 Å². The van der Waals surface area contributed by atoms with Crippen LogP contribution in [-0.4, -0.2) is 27.8 Å². The molecule has 0 bridgehead atoms. The van der Waals surface area contributed by atoms with Crippen molar-refractivity contribution in [2.45, 2.75) is 50.5 Å². The van der Waals surface area contributed by atoms with Gasteiger partial charge in [-0.05, 0) is 39.0 Å². The highest BCUT2D eigenvalue weighted by Gasteiger charge is 2.49. The van der Waals surface area contributed by atoms with E-state index in [4.69, 9.17) is 14.4 Å². The molecule has 0 amide bonds. The molecule has 104 valence electrons. The lowest BCUT2D eigenvalue weighted by molar-refractivity contribution is -0.138. The first kappa shape index (κ1) is 12.6. The number of carboxylic acid groups (broad SMARTS) is 1. The monoisotopic (exact) mass is 266 g/mol. The second kappa shape index (κ2) is 4.59. The molecule has 1 heterocycles. The van der Waals surface area contributed by atoms with Gasteiger partial charge >= 0.3 is 5.97 Å². The van der Waals surface area contributed by atoms with Gasteiger partial charge in [-0.15, -0.1) is 0 Å². The molecule has 2 atom stereocenters. The molecular weight excluding hydrogens is 248 g/mol. The van der Waals surface area contributed by atoms with Crippen LogP contribution in [0.3, 0.4) is 0 Å². The number of carbonyl (C=O) groups is 1. The quantitative estimate of drug-likeness (QED) is 0.878. The number of carboxylic acids is 1. The van der Waals surface area contributed by atoms with Gasteiger partial charge in [0.25, 0.3) is 0 Å². The van der Waals surface area contributed by atoms with E-state index in [9.17, 15) is 4.79 Å². The number of aromatic nitrogens is 2. The van der Waals surface area contributed by atoms with Gasteiger partial charge in [0.05, 0.1) is 11.8 Å². The molecule has 3 rings (SSSR count). The van der Waals surface area contributed by atoms with Gasteiger partial charge in [0.15, 0.2) is 0 Å². The number of ether oxygens (including phenoxy) is 1. The van der Waals surface area contributed by atoms with Gasteiger partial charge in [-0.25, -0.2) is 0 Å². The Hall–Kier alpha value is -1.43. The van der Waals surface area contributed by atoms with E-state index >= 15 is 0 Å². The van der Waals surface area contributed by atoms with Crippen LogP contribution in [0.4, 0.5) is 0 Å². The van der Waals surface area contributed by atoms with E-state index in [0.29, 0.717) is 24.7 Å². The van der Waals surface area contributed by atoms with E-state index in [2.05, 4.69) is 10.1 Å². The molecule has 2 unspecified atom stereocenters. The zero-order valence-electron chi connectivity index (χ0n) is 11.0. The van der Waals surface area contributed by atoms with Crippen LogP contribution in [0.15, 0.2) is 4.52 Å². The third-order valence-corrected chi connectivity index (χ3v) is 4.11. The molecule has 2 saturated carbocycles. The maximum absolute atomic E-state index is 10.9. The topological polar surface area (TPSA) is 85.5 Å². The van der Waals surface area contributed by atoms with Gasteiger partial charge in [-0.1, -0.05) is 5.16 Å². The molecule has 1 N–H and O–H groups in total. The minimum absolute atomic E-state index is 0.112. The van der Waals surface area contributed by atoms with Gasteiger partial charge in [0.2, 0.25) is 11.7 Å². The third kappa shape index (κ3) is 2.14. The second-order valence-electron chi connectivity index (χ2n) is 5.38. The minimum Gasteiger partial charge on any atom is -0.481 e. The van der Waals surface area contributed by atoms with Crippen molar-refractivity contribution in [2.75, 3.05) is 6.61 Å². The average Bonchev–Trinajstić information content (AvgIpc) is 2.84. The normalized spacial score (nSPS) is 28.5. The fraction of sp³-hybridized carbons (Fsp3) is 0.769. The molecule has 2 aliphatic rings. The van der Waals surface area contributed by atoms with Crippen LogP contribution in [0.1, 0.15) is 56.7 Å². The highest BCUT2D eigenvalue weighted by Crippen LogP contribution is 2.48. The van der Waals surface area contributed by atoms with E-state index in [-0.39, 0.29) is 11.8 Å². The molecule has 0 aromatic carbocycles. The Balaban J connectivity index is 1.79. The van der Waals surface area contributed by atoms with Crippen LogP contribution in [0, 0.1) is 5.92 Å². The van der Waals surface area contributed by atoms with Crippen LogP contribution in [0.2, 0.25) is 0 Å². The van der Waals surface area contributed by atoms with Gasteiger partial charge < -0.3 is 14.4 Å². The van der Waals surface area contributed by atoms with Crippen LogP contribution in [-0.2, 0) is 15.1 Å². The Kier molecular flexibility index (Phi) is 3.05. The van der Waals surface area contributed by atoms with Gasteiger partial charge in [0.1, 0.15) is 5.60 Å². The summed E-state index contributed by atoms with van der Waals surface area (Å²) in [5.74, 6) is -0.213. The smallest absolute Gasteiger partial charge is 0.307 e. The van der Waals surface area contributed by atoms with Crippen LogP contribution >= 0.6 is 0 Å². The average molecular weight is 266 g/mol. The van der Waals surface area contributed by atoms with Crippen molar-refractivity contribution in [2.24, 2.45) is 5.92 Å². The Morgan fingerprint density at radius 2 is 2.26 bits per heavy atom. The second-order valence-corrected chi connectivity index (χ2v) is 5.38. The summed E-state index contributed by atoms with van der Waals surface area (Å²) < 4.78 is 11.1. The number of hydrogen-bond acceptors (Lipinski definition) is 5. The molecule has 6 nitrogen and oxygen atoms in total. The van der Waals surface area contributed by atoms with Gasteiger partial charge in [-0.2, -0.15) is 4.98 Å². The van der Waals surface area contributed by atoms with Gasteiger partial charge in [-0.3, -0.25) is 4.79 Å². The maximum atomic E-state index is 10.9. The molecule has 2 fully saturated rings. The summed E-state index contributed by atoms with van der Waals surface area (Å²) in [5.41, 5.74) is -0.413. The van der Waals surface area contributed by atoms with E-state index in [1.807, 2.05) is 6.92 Å². The molecule has 1 aromatic heterocycles. The molecular formula is C13H18N2O4. The van der Waals surface area contributed by atoms with Gasteiger partial charge in [0, 0.05) is 6.61 Å². The maximum Gasteiger partial charge on any atom is 0.307 e. The van der Waals surface area contributed by atoms with Crippen LogP contribution < -0.4 is 0 Å². The van der Waals surface area contributed by atoms with Crippen molar-refractivity contribution in [3.63, 3.8) is 0 Å². The predicted molar refractivity (Wildman–Crippen MR) is 64.6 cm³/mol. The molecule has 6 heteroatoms. The molecule has 2 aliphatic carbocycles. The highest BCUT2D eigenvalue weighted by molar-refractivity contribution is 5.74. The SMILES string of the molecule is CCOC1(c2noc(C3CC3C(=O)O)n2)CCCC1. The molecule has 0 aliphatic heterocycles. The Bertz CT molecular complexity index is 479. The molecule has 19 heavy (non-hydrogen) atoms. The standard InChI is InChI=1S/C13H18N2O4/c1-2-18-13(5-3-4-6-13)12-14-10(19-15-12)8-7-9(8)11(16)17/h8-9H,2-7H2,1H3,(H,16,17). The lowest BCUT2D eigenvalue weighted by Crippen LogP contribution is -2.27. The van der Waals surface area contributed by atoms with Crippen LogP contribution in [0.5, 0.6) is 0 Å². The zero-order chi connectivity index (χ0) is 13.5.